The van der Waals surface area contributed by atoms with E-state index in [-0.39, 0.29) is 11.4 Å². The predicted octanol–water partition coefficient (Wildman–Crippen LogP) is 3.03. The number of aliphatic hydroxyl groups is 1. The second-order valence-electron chi connectivity index (χ2n) is 6.61. The minimum absolute atomic E-state index is 0.0893. The van der Waals surface area contributed by atoms with E-state index in [2.05, 4.69) is 5.32 Å². The van der Waals surface area contributed by atoms with Crippen molar-refractivity contribution in [3.8, 4) is 0 Å². The van der Waals surface area contributed by atoms with Gasteiger partial charge < -0.3 is 15.3 Å². The second kappa shape index (κ2) is 5.85. The highest BCUT2D eigenvalue weighted by Gasteiger charge is 2.45. The van der Waals surface area contributed by atoms with E-state index in [1.807, 2.05) is 45.0 Å². The third-order valence-electron chi connectivity index (χ3n) is 4.56. The largest absolute Gasteiger partial charge is 0.389 e. The molecule has 0 aromatic heterocycles. The van der Waals surface area contributed by atoms with Crippen molar-refractivity contribution in [2.45, 2.75) is 39.3 Å². The lowest BCUT2D eigenvalue weighted by atomic mass is 9.71. The zero-order chi connectivity index (χ0) is 15.7. The van der Waals surface area contributed by atoms with Crippen LogP contribution in [0.2, 0.25) is 5.02 Å². The van der Waals surface area contributed by atoms with Crippen LogP contribution < -0.4 is 5.32 Å². The number of carbonyl (C=O) groups excluding carboxylic acids is 1. The molecule has 116 valence electrons. The maximum atomic E-state index is 12.2. The molecule has 0 aliphatic carbocycles. The van der Waals surface area contributed by atoms with E-state index in [0.29, 0.717) is 31.1 Å². The van der Waals surface area contributed by atoms with Crippen LogP contribution in [0.4, 0.5) is 4.79 Å². The molecular formula is C16H23ClN2O2. The number of urea groups is 1. The number of hydrogen-bond acceptors (Lipinski definition) is 2. The lowest BCUT2D eigenvalue weighted by Crippen LogP contribution is -2.58. The average Bonchev–Trinajstić information content (AvgIpc) is 2.41. The quantitative estimate of drug-likeness (QED) is 0.882. The Morgan fingerprint density at radius 2 is 1.95 bits per heavy atom. The second-order valence-corrected chi connectivity index (χ2v) is 7.05. The molecule has 0 unspecified atom stereocenters. The fourth-order valence-electron chi connectivity index (χ4n) is 2.48. The van der Waals surface area contributed by atoms with Crippen molar-refractivity contribution < 1.29 is 9.90 Å². The van der Waals surface area contributed by atoms with Crippen molar-refractivity contribution in [3.05, 3.63) is 34.9 Å². The van der Waals surface area contributed by atoms with Crippen LogP contribution in [-0.2, 0) is 6.54 Å². The van der Waals surface area contributed by atoms with Gasteiger partial charge in [-0.1, -0.05) is 37.6 Å². The van der Waals surface area contributed by atoms with E-state index in [9.17, 15) is 9.90 Å². The molecule has 1 aliphatic rings. The van der Waals surface area contributed by atoms with Gasteiger partial charge in [0.15, 0.2) is 0 Å². The molecule has 4 nitrogen and oxygen atoms in total. The Labute approximate surface area is 131 Å². The van der Waals surface area contributed by atoms with Crippen molar-refractivity contribution in [1.29, 1.82) is 0 Å². The number of likely N-dealkylation sites (tertiary alicyclic amines) is 1. The van der Waals surface area contributed by atoms with E-state index in [4.69, 9.17) is 11.6 Å². The minimum Gasteiger partial charge on any atom is -0.389 e. The summed E-state index contributed by atoms with van der Waals surface area (Å²) >= 11 is 5.83. The van der Waals surface area contributed by atoms with Gasteiger partial charge in [-0.2, -0.15) is 0 Å². The van der Waals surface area contributed by atoms with Crippen LogP contribution in [0, 0.1) is 5.41 Å². The van der Waals surface area contributed by atoms with Crippen LogP contribution in [0.1, 0.15) is 32.8 Å². The molecule has 1 fully saturated rings. The summed E-state index contributed by atoms with van der Waals surface area (Å²) in [4.78, 5) is 14.0. The normalized spacial score (nSPS) is 24.7. The summed E-state index contributed by atoms with van der Waals surface area (Å²) in [6.07, 6.45) is 0.592. The molecule has 21 heavy (non-hydrogen) atoms. The monoisotopic (exact) mass is 310 g/mol. The maximum Gasteiger partial charge on any atom is 0.317 e. The summed E-state index contributed by atoms with van der Waals surface area (Å²) < 4.78 is 0. The number of rotatable bonds is 2. The number of nitrogens with zero attached hydrogens (tertiary/aromatic N) is 1. The topological polar surface area (TPSA) is 52.6 Å². The fourth-order valence-corrected chi connectivity index (χ4v) is 2.61. The molecule has 2 rings (SSSR count). The van der Waals surface area contributed by atoms with Gasteiger partial charge in [0.1, 0.15) is 0 Å². The molecule has 1 heterocycles. The van der Waals surface area contributed by atoms with Gasteiger partial charge in [0.25, 0.3) is 0 Å². The van der Waals surface area contributed by atoms with Gasteiger partial charge in [0.2, 0.25) is 0 Å². The number of nitrogens with one attached hydrogen (secondary N) is 1. The van der Waals surface area contributed by atoms with Crippen LogP contribution in [-0.4, -0.2) is 34.7 Å². The molecule has 5 heteroatoms. The molecule has 1 atom stereocenters. The van der Waals surface area contributed by atoms with Crippen molar-refractivity contribution in [3.63, 3.8) is 0 Å². The van der Waals surface area contributed by atoms with Gasteiger partial charge in [0, 0.05) is 30.1 Å². The van der Waals surface area contributed by atoms with Crippen LogP contribution in [0.3, 0.4) is 0 Å². The van der Waals surface area contributed by atoms with Gasteiger partial charge in [-0.15, -0.1) is 0 Å². The van der Waals surface area contributed by atoms with E-state index < -0.39 is 5.60 Å². The molecule has 0 spiro atoms. The first kappa shape index (κ1) is 16.1. The van der Waals surface area contributed by atoms with Gasteiger partial charge in [-0.3, -0.25) is 0 Å². The average molecular weight is 311 g/mol. The number of amides is 2. The molecule has 0 bridgehead atoms. The zero-order valence-corrected chi connectivity index (χ0v) is 13.6. The van der Waals surface area contributed by atoms with Crippen LogP contribution in [0.5, 0.6) is 0 Å². The lowest BCUT2D eigenvalue weighted by molar-refractivity contribution is -0.0954. The summed E-state index contributed by atoms with van der Waals surface area (Å²) in [5.74, 6) is 0. The Bertz CT molecular complexity index is 512. The Balaban J connectivity index is 1.91. The van der Waals surface area contributed by atoms with Crippen molar-refractivity contribution in [2.24, 2.45) is 5.41 Å². The SMILES string of the molecule is CC1(C)CN(C(=O)NCc2ccc(Cl)cc2)CC[C@]1(C)O. The molecule has 2 amide bonds. The third kappa shape index (κ3) is 3.69. The van der Waals surface area contributed by atoms with E-state index in [1.165, 1.54) is 0 Å². The van der Waals surface area contributed by atoms with E-state index in [1.54, 1.807) is 4.90 Å². The van der Waals surface area contributed by atoms with Crippen molar-refractivity contribution in [1.82, 2.24) is 10.2 Å². The first-order valence-electron chi connectivity index (χ1n) is 7.21. The Morgan fingerprint density at radius 1 is 1.33 bits per heavy atom. The Kier molecular flexibility index (Phi) is 4.49. The van der Waals surface area contributed by atoms with Crippen molar-refractivity contribution in [2.75, 3.05) is 13.1 Å². The molecule has 0 saturated carbocycles. The van der Waals surface area contributed by atoms with Gasteiger partial charge >= 0.3 is 6.03 Å². The molecule has 0 radical (unpaired) electrons. The minimum atomic E-state index is -0.736. The summed E-state index contributed by atoms with van der Waals surface area (Å²) in [5, 5.41) is 14.0. The molecule has 1 aliphatic heterocycles. The highest BCUT2D eigenvalue weighted by atomic mass is 35.5. The molecule has 1 aromatic rings. The number of carbonyl (C=O) groups is 1. The van der Waals surface area contributed by atoms with Gasteiger partial charge in [-0.25, -0.2) is 4.79 Å². The summed E-state index contributed by atoms with van der Waals surface area (Å²) in [6, 6.07) is 7.32. The Hall–Kier alpha value is -1.26. The first-order valence-corrected chi connectivity index (χ1v) is 7.59. The predicted molar refractivity (Wildman–Crippen MR) is 84.3 cm³/mol. The fraction of sp³-hybridized carbons (Fsp3) is 0.562. The van der Waals surface area contributed by atoms with Crippen LogP contribution in [0.15, 0.2) is 24.3 Å². The molecular weight excluding hydrogens is 288 g/mol. The first-order chi connectivity index (χ1) is 9.71. The van der Waals surface area contributed by atoms with E-state index >= 15 is 0 Å². The molecule has 2 N–H and O–H groups in total. The molecule has 1 saturated heterocycles. The maximum absolute atomic E-state index is 12.2. The summed E-state index contributed by atoms with van der Waals surface area (Å²) in [5.41, 5.74) is -0.0426. The van der Waals surface area contributed by atoms with Crippen LogP contribution in [0.25, 0.3) is 0 Å². The number of benzene rings is 1. The highest BCUT2D eigenvalue weighted by molar-refractivity contribution is 6.30. The van der Waals surface area contributed by atoms with Crippen LogP contribution >= 0.6 is 11.6 Å². The number of halogens is 1. The molecule has 1 aromatic carbocycles. The van der Waals surface area contributed by atoms with Crippen molar-refractivity contribution >= 4 is 17.6 Å². The smallest absolute Gasteiger partial charge is 0.317 e. The highest BCUT2D eigenvalue weighted by Crippen LogP contribution is 2.38. The zero-order valence-electron chi connectivity index (χ0n) is 12.8. The standard InChI is InChI=1S/C16H23ClN2O2/c1-15(2)11-19(9-8-16(15,3)21)14(20)18-10-12-4-6-13(17)7-5-12/h4-7,21H,8-11H2,1-3H3,(H,18,20)/t16-/m0/s1. The third-order valence-corrected chi connectivity index (χ3v) is 4.81. The number of hydrogen-bond donors (Lipinski definition) is 2. The Morgan fingerprint density at radius 3 is 2.52 bits per heavy atom. The lowest BCUT2D eigenvalue weighted by Gasteiger charge is -2.48. The summed E-state index contributed by atoms with van der Waals surface area (Å²) in [7, 11) is 0. The summed E-state index contributed by atoms with van der Waals surface area (Å²) in [6.45, 7) is 7.42. The van der Waals surface area contributed by atoms with E-state index in [0.717, 1.165) is 5.56 Å². The van der Waals surface area contributed by atoms with Gasteiger partial charge in [0.05, 0.1) is 5.60 Å². The van der Waals surface area contributed by atoms with Gasteiger partial charge in [-0.05, 0) is 31.0 Å². The number of piperidine rings is 1.